The van der Waals surface area contributed by atoms with Crippen LogP contribution >= 0.6 is 11.3 Å². The highest BCUT2D eigenvalue weighted by molar-refractivity contribution is 7.12. The normalized spacial score (nSPS) is 16.8. The van der Waals surface area contributed by atoms with Crippen LogP contribution < -0.4 is 15.0 Å². The van der Waals surface area contributed by atoms with Crippen molar-refractivity contribution < 1.29 is 14.3 Å². The first-order chi connectivity index (χ1) is 10.2. The van der Waals surface area contributed by atoms with Crippen LogP contribution in [-0.4, -0.2) is 31.5 Å². The first-order valence-corrected chi connectivity index (χ1v) is 7.41. The smallest absolute Gasteiger partial charge is 0.268 e. The van der Waals surface area contributed by atoms with Gasteiger partial charge in [0.05, 0.1) is 17.1 Å². The summed E-state index contributed by atoms with van der Waals surface area (Å²) in [6.45, 7) is 0.202. The number of likely N-dealkylation sites (N-methyl/N-ethyl adjacent to an activating group) is 1. The van der Waals surface area contributed by atoms with Crippen LogP contribution in [0.3, 0.4) is 0 Å². The van der Waals surface area contributed by atoms with Crippen molar-refractivity contribution in [2.24, 2.45) is 0 Å². The Morgan fingerprint density at radius 1 is 1.29 bits per heavy atom. The molecule has 0 aliphatic carbocycles. The van der Waals surface area contributed by atoms with Crippen molar-refractivity contribution in [3.8, 4) is 5.75 Å². The van der Waals surface area contributed by atoms with Crippen LogP contribution in [0.2, 0.25) is 0 Å². The van der Waals surface area contributed by atoms with Crippen LogP contribution in [0.25, 0.3) is 0 Å². The molecule has 1 aromatic heterocycles. The minimum atomic E-state index is -0.700. The summed E-state index contributed by atoms with van der Waals surface area (Å²) < 4.78 is 5.68. The van der Waals surface area contributed by atoms with E-state index in [9.17, 15) is 9.59 Å². The highest BCUT2D eigenvalue weighted by atomic mass is 32.1. The maximum Gasteiger partial charge on any atom is 0.268 e. The lowest BCUT2D eigenvalue weighted by Crippen LogP contribution is -2.50. The molecule has 1 aromatic carbocycles. The molecule has 0 unspecified atom stereocenters. The second-order valence-electron chi connectivity index (χ2n) is 4.58. The van der Waals surface area contributed by atoms with Gasteiger partial charge in [0.15, 0.2) is 6.10 Å². The minimum absolute atomic E-state index is 0.116. The summed E-state index contributed by atoms with van der Waals surface area (Å²) in [7, 11) is 1.55. The number of fused-ring (bicyclic) bond motifs is 1. The van der Waals surface area contributed by atoms with Gasteiger partial charge in [0.1, 0.15) is 5.75 Å². The van der Waals surface area contributed by atoms with Crippen LogP contribution in [0.1, 0.15) is 9.67 Å². The van der Waals surface area contributed by atoms with Crippen LogP contribution in [0.4, 0.5) is 5.69 Å². The van der Waals surface area contributed by atoms with Crippen molar-refractivity contribution in [2.75, 3.05) is 18.5 Å². The molecule has 2 heterocycles. The number of carbonyl (C=O) groups is 2. The highest BCUT2D eigenvalue weighted by Crippen LogP contribution is 2.34. The van der Waals surface area contributed by atoms with E-state index in [4.69, 9.17) is 4.74 Å². The maximum atomic E-state index is 12.6. The van der Waals surface area contributed by atoms with E-state index in [0.717, 1.165) is 0 Å². The second kappa shape index (κ2) is 5.57. The van der Waals surface area contributed by atoms with Gasteiger partial charge in [-0.15, -0.1) is 11.3 Å². The lowest BCUT2D eigenvalue weighted by atomic mass is 10.1. The van der Waals surface area contributed by atoms with Gasteiger partial charge >= 0.3 is 0 Å². The van der Waals surface area contributed by atoms with Gasteiger partial charge in [-0.05, 0) is 23.6 Å². The van der Waals surface area contributed by atoms with Crippen LogP contribution in [0, 0.1) is 0 Å². The Kier molecular flexibility index (Phi) is 3.62. The Morgan fingerprint density at radius 2 is 2.10 bits per heavy atom. The summed E-state index contributed by atoms with van der Waals surface area (Å²) in [6.07, 6.45) is -0.700. The summed E-state index contributed by atoms with van der Waals surface area (Å²) >= 11 is 1.38. The predicted octanol–water partition coefficient (Wildman–Crippen LogP) is 1.90. The van der Waals surface area contributed by atoms with E-state index in [2.05, 4.69) is 5.32 Å². The number of rotatable bonds is 2. The average Bonchev–Trinajstić information content (AvgIpc) is 3.06. The van der Waals surface area contributed by atoms with Gasteiger partial charge in [0.25, 0.3) is 11.8 Å². The lowest BCUT2D eigenvalue weighted by molar-refractivity contribution is -0.127. The van der Waals surface area contributed by atoms with Gasteiger partial charge in [-0.1, -0.05) is 18.2 Å². The molecule has 3 rings (SSSR count). The number of hydrogen-bond acceptors (Lipinski definition) is 4. The molecule has 1 aliphatic rings. The van der Waals surface area contributed by atoms with E-state index >= 15 is 0 Å². The standard InChI is InChI=1S/C15H14N2O3S/c1-16-14(18)12-9-17(15(19)13-7-4-8-21-13)10-5-2-3-6-11(10)20-12/h2-8,12H,9H2,1H3,(H,16,18)/t12-/m0/s1. The molecule has 0 spiro atoms. The number of hydrogen-bond donors (Lipinski definition) is 1. The molecule has 0 saturated heterocycles. The zero-order chi connectivity index (χ0) is 14.8. The molecule has 21 heavy (non-hydrogen) atoms. The third kappa shape index (κ3) is 2.50. The quantitative estimate of drug-likeness (QED) is 0.922. The summed E-state index contributed by atoms with van der Waals surface area (Å²) in [5.41, 5.74) is 0.691. The third-order valence-corrected chi connectivity index (χ3v) is 4.15. The average molecular weight is 302 g/mol. The number of amides is 2. The molecule has 0 saturated carbocycles. The second-order valence-corrected chi connectivity index (χ2v) is 5.53. The van der Waals surface area contributed by atoms with Gasteiger partial charge in [0.2, 0.25) is 0 Å². The Morgan fingerprint density at radius 3 is 2.81 bits per heavy atom. The van der Waals surface area contributed by atoms with Crippen molar-refractivity contribution in [1.29, 1.82) is 0 Å². The summed E-state index contributed by atoms with van der Waals surface area (Å²) in [5, 5.41) is 4.42. The molecular weight excluding hydrogens is 288 g/mol. The molecule has 108 valence electrons. The summed E-state index contributed by atoms with van der Waals surface area (Å²) in [6, 6.07) is 10.9. The molecule has 5 nitrogen and oxygen atoms in total. The monoisotopic (exact) mass is 302 g/mol. The number of para-hydroxylation sites is 2. The Labute approximate surface area is 126 Å². The molecule has 1 aliphatic heterocycles. The number of carbonyl (C=O) groups excluding carboxylic acids is 2. The van der Waals surface area contributed by atoms with Crippen molar-refractivity contribution in [3.05, 3.63) is 46.7 Å². The number of anilines is 1. The van der Waals surface area contributed by atoms with E-state index in [0.29, 0.717) is 16.3 Å². The van der Waals surface area contributed by atoms with Gasteiger partial charge in [-0.3, -0.25) is 14.5 Å². The van der Waals surface area contributed by atoms with Crippen molar-refractivity contribution >= 4 is 28.8 Å². The fourth-order valence-electron chi connectivity index (χ4n) is 2.26. The van der Waals surface area contributed by atoms with E-state index in [1.54, 1.807) is 24.1 Å². The van der Waals surface area contributed by atoms with E-state index in [-0.39, 0.29) is 18.4 Å². The number of thiophene rings is 1. The molecule has 1 N–H and O–H groups in total. The van der Waals surface area contributed by atoms with Gasteiger partial charge in [0, 0.05) is 7.05 Å². The van der Waals surface area contributed by atoms with E-state index in [1.807, 2.05) is 29.6 Å². The molecule has 0 radical (unpaired) electrons. The Hall–Kier alpha value is -2.34. The Balaban J connectivity index is 1.98. The summed E-state index contributed by atoms with van der Waals surface area (Å²) in [5.74, 6) is 0.186. The zero-order valence-corrected chi connectivity index (χ0v) is 12.2. The summed E-state index contributed by atoms with van der Waals surface area (Å²) in [4.78, 5) is 26.7. The molecular formula is C15H14N2O3S. The topological polar surface area (TPSA) is 58.6 Å². The van der Waals surface area contributed by atoms with Crippen LogP contribution in [0.15, 0.2) is 41.8 Å². The number of nitrogens with zero attached hydrogens (tertiary/aromatic N) is 1. The molecule has 2 aromatic rings. The third-order valence-electron chi connectivity index (χ3n) is 3.29. The first kappa shape index (κ1) is 13.6. The van der Waals surface area contributed by atoms with Gasteiger partial charge in [-0.25, -0.2) is 0 Å². The molecule has 0 bridgehead atoms. The molecule has 0 fully saturated rings. The van der Waals surface area contributed by atoms with Crippen LogP contribution in [-0.2, 0) is 4.79 Å². The number of nitrogens with one attached hydrogen (secondary N) is 1. The minimum Gasteiger partial charge on any atom is -0.477 e. The van der Waals surface area contributed by atoms with Gasteiger partial charge < -0.3 is 10.1 Å². The molecule has 6 heteroatoms. The van der Waals surface area contributed by atoms with E-state index in [1.165, 1.54) is 11.3 Å². The number of benzene rings is 1. The predicted molar refractivity (Wildman–Crippen MR) is 80.9 cm³/mol. The SMILES string of the molecule is CNC(=O)[C@@H]1CN(C(=O)c2cccs2)c2ccccc2O1. The van der Waals surface area contributed by atoms with Crippen molar-refractivity contribution in [2.45, 2.75) is 6.10 Å². The molecule has 1 atom stereocenters. The van der Waals surface area contributed by atoms with Crippen molar-refractivity contribution in [1.82, 2.24) is 5.32 Å². The number of ether oxygens (including phenoxy) is 1. The highest BCUT2D eigenvalue weighted by Gasteiger charge is 2.33. The lowest BCUT2D eigenvalue weighted by Gasteiger charge is -2.33. The fraction of sp³-hybridized carbons (Fsp3) is 0.200. The zero-order valence-electron chi connectivity index (χ0n) is 11.4. The van der Waals surface area contributed by atoms with Crippen LogP contribution in [0.5, 0.6) is 5.75 Å². The van der Waals surface area contributed by atoms with Crippen molar-refractivity contribution in [3.63, 3.8) is 0 Å². The fourth-order valence-corrected chi connectivity index (χ4v) is 2.93. The van der Waals surface area contributed by atoms with E-state index < -0.39 is 6.10 Å². The molecule has 2 amide bonds. The Bertz CT molecular complexity index is 669. The largest absolute Gasteiger partial charge is 0.477 e. The maximum absolute atomic E-state index is 12.6. The first-order valence-electron chi connectivity index (χ1n) is 6.53. The van der Waals surface area contributed by atoms with Gasteiger partial charge in [-0.2, -0.15) is 0 Å².